The van der Waals surface area contributed by atoms with Crippen LogP contribution in [-0.2, 0) is 11.2 Å². The first-order valence-electron chi connectivity index (χ1n) is 10.3. The van der Waals surface area contributed by atoms with Gasteiger partial charge in [0.15, 0.2) is 5.96 Å². The van der Waals surface area contributed by atoms with Crippen molar-refractivity contribution in [3.05, 3.63) is 15.6 Å². The number of amides is 1. The molecule has 1 amide bonds. The number of aromatic nitrogens is 1. The van der Waals surface area contributed by atoms with Gasteiger partial charge in [-0.15, -0.1) is 11.3 Å². The molecule has 27 heavy (non-hydrogen) atoms. The molecule has 152 valence electrons. The zero-order chi connectivity index (χ0) is 19.5. The number of thiazole rings is 1. The van der Waals surface area contributed by atoms with Crippen molar-refractivity contribution in [1.29, 1.82) is 0 Å². The van der Waals surface area contributed by atoms with Gasteiger partial charge in [-0.05, 0) is 39.5 Å². The largest absolute Gasteiger partial charge is 0.357 e. The van der Waals surface area contributed by atoms with Gasteiger partial charge in [-0.3, -0.25) is 9.79 Å². The van der Waals surface area contributed by atoms with Gasteiger partial charge in [0, 0.05) is 43.9 Å². The number of nitrogens with one attached hydrogen (secondary N) is 3. The van der Waals surface area contributed by atoms with Crippen LogP contribution in [0.25, 0.3) is 0 Å². The number of nitrogens with zero attached hydrogens (tertiary/aromatic N) is 2. The lowest BCUT2D eigenvalue weighted by Crippen LogP contribution is -2.41. The van der Waals surface area contributed by atoms with Crippen LogP contribution in [0.3, 0.4) is 0 Å². The highest BCUT2D eigenvalue weighted by Gasteiger charge is 2.16. The molecule has 1 saturated carbocycles. The Kier molecular flexibility index (Phi) is 9.59. The summed E-state index contributed by atoms with van der Waals surface area (Å²) in [5.41, 5.74) is 1.12. The minimum Gasteiger partial charge on any atom is -0.357 e. The van der Waals surface area contributed by atoms with E-state index in [0.29, 0.717) is 32.0 Å². The summed E-state index contributed by atoms with van der Waals surface area (Å²) < 4.78 is 0. The normalized spacial score (nSPS) is 15.6. The Labute approximate surface area is 167 Å². The van der Waals surface area contributed by atoms with Gasteiger partial charge < -0.3 is 16.0 Å². The number of hydrogen-bond donors (Lipinski definition) is 3. The molecule has 0 radical (unpaired) electrons. The van der Waals surface area contributed by atoms with Crippen molar-refractivity contribution >= 4 is 23.2 Å². The van der Waals surface area contributed by atoms with E-state index < -0.39 is 0 Å². The first kappa shape index (κ1) is 21.7. The Morgan fingerprint density at radius 3 is 2.56 bits per heavy atom. The predicted octanol–water partition coefficient (Wildman–Crippen LogP) is 2.94. The molecule has 0 bridgehead atoms. The summed E-state index contributed by atoms with van der Waals surface area (Å²) in [5.74, 6) is 1.56. The molecule has 0 aliphatic heterocycles. The summed E-state index contributed by atoms with van der Waals surface area (Å²) in [5, 5.41) is 10.7. The van der Waals surface area contributed by atoms with Crippen LogP contribution in [0.4, 0.5) is 0 Å². The van der Waals surface area contributed by atoms with Gasteiger partial charge >= 0.3 is 0 Å². The molecule has 2 rings (SSSR count). The second kappa shape index (κ2) is 12.0. The number of carbonyl (C=O) groups excluding carboxylic acids is 1. The molecule has 6 nitrogen and oxygen atoms in total. The van der Waals surface area contributed by atoms with E-state index in [1.165, 1.54) is 37.0 Å². The van der Waals surface area contributed by atoms with Crippen molar-refractivity contribution in [2.45, 2.75) is 65.7 Å². The van der Waals surface area contributed by atoms with Crippen LogP contribution in [0, 0.1) is 19.8 Å². The number of carbonyl (C=O) groups is 1. The number of rotatable bonds is 9. The fraction of sp³-hybridized carbons (Fsp3) is 0.750. The molecular formula is C20H35N5OS. The lowest BCUT2D eigenvalue weighted by molar-refractivity contribution is -0.122. The fourth-order valence-corrected chi connectivity index (χ4v) is 4.28. The second-order valence-electron chi connectivity index (χ2n) is 7.24. The van der Waals surface area contributed by atoms with E-state index in [0.717, 1.165) is 29.6 Å². The third-order valence-electron chi connectivity index (χ3n) is 4.95. The van der Waals surface area contributed by atoms with Crippen LogP contribution >= 0.6 is 11.3 Å². The number of aliphatic imine (C=N–C) groups is 1. The second-order valence-corrected chi connectivity index (χ2v) is 8.53. The molecule has 1 aliphatic rings. The summed E-state index contributed by atoms with van der Waals surface area (Å²) in [4.78, 5) is 22.5. The van der Waals surface area contributed by atoms with E-state index in [1.807, 2.05) is 6.92 Å². The van der Waals surface area contributed by atoms with Crippen LogP contribution in [0.1, 0.15) is 61.0 Å². The molecule has 3 N–H and O–H groups in total. The Morgan fingerprint density at radius 2 is 1.89 bits per heavy atom. The zero-order valence-corrected chi connectivity index (χ0v) is 17.9. The summed E-state index contributed by atoms with van der Waals surface area (Å²) in [6.07, 6.45) is 7.84. The van der Waals surface area contributed by atoms with Crippen LogP contribution in [0.15, 0.2) is 4.99 Å². The molecule has 1 heterocycles. The molecule has 1 aliphatic carbocycles. The SMILES string of the molecule is CCNC(=NCCc1nc(C)c(C)s1)NCCNC(=O)CC1CCCCC1. The van der Waals surface area contributed by atoms with Crippen LogP contribution in [0.2, 0.25) is 0 Å². The molecule has 0 spiro atoms. The molecule has 1 aromatic heterocycles. The van der Waals surface area contributed by atoms with Crippen molar-refractivity contribution in [3.8, 4) is 0 Å². The third kappa shape index (κ3) is 8.28. The maximum atomic E-state index is 12.0. The Hall–Kier alpha value is -1.63. The van der Waals surface area contributed by atoms with Gasteiger partial charge in [0.05, 0.1) is 10.7 Å². The lowest BCUT2D eigenvalue weighted by atomic mass is 9.87. The van der Waals surface area contributed by atoms with E-state index in [4.69, 9.17) is 0 Å². The summed E-state index contributed by atoms with van der Waals surface area (Å²) in [6, 6.07) is 0. The van der Waals surface area contributed by atoms with Gasteiger partial charge in [0.1, 0.15) is 0 Å². The average Bonchev–Trinajstić information content (AvgIpc) is 2.97. The van der Waals surface area contributed by atoms with E-state index >= 15 is 0 Å². The summed E-state index contributed by atoms with van der Waals surface area (Å²) in [7, 11) is 0. The topological polar surface area (TPSA) is 78.4 Å². The molecular weight excluding hydrogens is 358 g/mol. The predicted molar refractivity (Wildman–Crippen MR) is 113 cm³/mol. The highest BCUT2D eigenvalue weighted by molar-refractivity contribution is 7.11. The van der Waals surface area contributed by atoms with Gasteiger partial charge in [-0.1, -0.05) is 19.3 Å². The standard InChI is InChI=1S/C20H35N5OS/c1-4-21-20(23-11-10-19-25-15(2)16(3)27-19)24-13-12-22-18(26)14-17-8-6-5-7-9-17/h17H,4-14H2,1-3H3,(H,22,26)(H2,21,23,24). The first-order valence-corrected chi connectivity index (χ1v) is 11.1. The van der Waals surface area contributed by atoms with E-state index in [2.05, 4.69) is 39.8 Å². The minimum absolute atomic E-state index is 0.181. The highest BCUT2D eigenvalue weighted by atomic mass is 32.1. The monoisotopic (exact) mass is 393 g/mol. The Morgan fingerprint density at radius 1 is 1.15 bits per heavy atom. The molecule has 7 heteroatoms. The van der Waals surface area contributed by atoms with E-state index in [1.54, 1.807) is 11.3 Å². The first-order chi connectivity index (χ1) is 13.1. The van der Waals surface area contributed by atoms with Gasteiger partial charge in [-0.2, -0.15) is 0 Å². The molecule has 0 atom stereocenters. The van der Waals surface area contributed by atoms with Crippen molar-refractivity contribution in [3.63, 3.8) is 0 Å². The number of guanidine groups is 1. The molecule has 0 aromatic carbocycles. The fourth-order valence-electron chi connectivity index (χ4n) is 3.36. The Balaban J connectivity index is 1.64. The third-order valence-corrected chi connectivity index (χ3v) is 6.08. The van der Waals surface area contributed by atoms with Crippen molar-refractivity contribution in [1.82, 2.24) is 20.9 Å². The van der Waals surface area contributed by atoms with Crippen LogP contribution in [0.5, 0.6) is 0 Å². The van der Waals surface area contributed by atoms with Crippen molar-refractivity contribution < 1.29 is 4.79 Å². The van der Waals surface area contributed by atoms with Crippen molar-refractivity contribution in [2.75, 3.05) is 26.2 Å². The highest BCUT2D eigenvalue weighted by Crippen LogP contribution is 2.25. The van der Waals surface area contributed by atoms with Gasteiger partial charge in [0.25, 0.3) is 0 Å². The Bertz CT molecular complexity index is 588. The molecule has 1 aromatic rings. The van der Waals surface area contributed by atoms with Gasteiger partial charge in [-0.25, -0.2) is 4.98 Å². The number of aryl methyl sites for hydroxylation is 2. The van der Waals surface area contributed by atoms with E-state index in [9.17, 15) is 4.79 Å². The summed E-state index contributed by atoms with van der Waals surface area (Å²) in [6.45, 7) is 9.03. The maximum Gasteiger partial charge on any atom is 0.220 e. The van der Waals surface area contributed by atoms with Crippen LogP contribution in [-0.4, -0.2) is 43.0 Å². The molecule has 1 fully saturated rings. The summed E-state index contributed by atoms with van der Waals surface area (Å²) >= 11 is 1.75. The van der Waals surface area contributed by atoms with Gasteiger partial charge in [0.2, 0.25) is 5.91 Å². The molecule has 0 saturated heterocycles. The molecule has 0 unspecified atom stereocenters. The minimum atomic E-state index is 0.181. The van der Waals surface area contributed by atoms with E-state index in [-0.39, 0.29) is 5.91 Å². The quantitative estimate of drug-likeness (QED) is 0.342. The maximum absolute atomic E-state index is 12.0. The number of hydrogen-bond acceptors (Lipinski definition) is 4. The van der Waals surface area contributed by atoms with Crippen LogP contribution < -0.4 is 16.0 Å². The smallest absolute Gasteiger partial charge is 0.220 e. The average molecular weight is 394 g/mol. The van der Waals surface area contributed by atoms with Crippen molar-refractivity contribution in [2.24, 2.45) is 10.9 Å². The lowest BCUT2D eigenvalue weighted by Gasteiger charge is -2.20. The zero-order valence-electron chi connectivity index (χ0n) is 17.1.